The van der Waals surface area contributed by atoms with Gasteiger partial charge in [0.15, 0.2) is 0 Å². The molecule has 5 rings (SSSR count). The van der Waals surface area contributed by atoms with Crippen molar-refractivity contribution >= 4 is 53.0 Å². The van der Waals surface area contributed by atoms with Gasteiger partial charge in [-0.1, -0.05) is 38.5 Å². The van der Waals surface area contributed by atoms with Crippen LogP contribution in [0.1, 0.15) is 129 Å². The van der Waals surface area contributed by atoms with Crippen molar-refractivity contribution in [2.75, 3.05) is 87.5 Å². The fraction of sp³-hybridized carbons (Fsp3) is 0.351. The van der Waals surface area contributed by atoms with Crippen molar-refractivity contribution in [3.05, 3.63) is 158 Å². The van der Waals surface area contributed by atoms with Gasteiger partial charge in [0, 0.05) is 70.4 Å². The average molecular weight is 1040 g/mol. The molecule has 3 amide bonds. The van der Waals surface area contributed by atoms with Crippen LogP contribution in [0.25, 0.3) is 0 Å². The molecular weight excluding hydrogens is 966 g/mol. The van der Waals surface area contributed by atoms with E-state index in [1.54, 1.807) is 99.6 Å². The maximum absolute atomic E-state index is 13.0. The van der Waals surface area contributed by atoms with Crippen LogP contribution in [0.2, 0.25) is 0 Å². The van der Waals surface area contributed by atoms with Crippen LogP contribution in [0, 0.1) is 12.7 Å². The Morgan fingerprint density at radius 1 is 0.507 bits per heavy atom. The number of nitrogens with one attached hydrogen (secondary N) is 2. The first kappa shape index (κ1) is 64.7. The third-order valence-electron chi connectivity index (χ3n) is 10.5. The normalized spacial score (nSPS) is 9.76. The summed E-state index contributed by atoms with van der Waals surface area (Å²) in [5.41, 5.74) is 13.7. The molecule has 17 nitrogen and oxygen atoms in total. The Morgan fingerprint density at radius 3 is 1.36 bits per heavy atom. The summed E-state index contributed by atoms with van der Waals surface area (Å²) in [4.78, 5) is 83.1. The lowest BCUT2D eigenvalue weighted by molar-refractivity contribution is 0.0514. The number of nitrogens with zero attached hydrogens (tertiary/aromatic N) is 2. The minimum Gasteiger partial charge on any atom is -0.496 e. The molecule has 0 saturated carbocycles. The summed E-state index contributed by atoms with van der Waals surface area (Å²) in [6, 6.07) is 25.2. The summed E-state index contributed by atoms with van der Waals surface area (Å²) in [6.07, 6.45) is 2.52. The molecule has 0 spiro atoms. The number of carbonyl (C=O) groups is 7. The van der Waals surface area contributed by atoms with Crippen molar-refractivity contribution < 1.29 is 61.6 Å². The Morgan fingerprint density at radius 2 is 0.933 bits per heavy atom. The van der Waals surface area contributed by atoms with E-state index in [4.69, 9.17) is 19.9 Å². The molecule has 0 unspecified atom stereocenters. The summed E-state index contributed by atoms with van der Waals surface area (Å²) in [6.45, 7) is 12.2. The topological polar surface area (TPSA) is 222 Å². The van der Waals surface area contributed by atoms with Gasteiger partial charge in [-0.25, -0.2) is 23.6 Å². The molecule has 18 heteroatoms. The molecule has 0 atom stereocenters. The SMILES string of the molecule is CCOC(=O)c1cc(CC)ccc1OC.CCOC(=O)c1cc(F)cc(CC)c1.CCc1cc(C)cc(C(=O)OC)c1.CNc1cc(C(=O)OC)cc(C(=O)N(C)C)c1.CNc1cc(C(N)=O)cc(C(=O)N(C)C)c1. The van der Waals surface area contributed by atoms with Crippen molar-refractivity contribution in [3.63, 3.8) is 0 Å². The van der Waals surface area contributed by atoms with Gasteiger partial charge in [-0.15, -0.1) is 0 Å². The summed E-state index contributed by atoms with van der Waals surface area (Å²) in [5.74, 6) is -2.24. The number of benzene rings is 5. The van der Waals surface area contributed by atoms with Gasteiger partial charge in [0.05, 0.1) is 51.2 Å². The molecule has 0 saturated heterocycles. The summed E-state index contributed by atoms with van der Waals surface area (Å²) in [7, 11) is 14.3. The molecule has 5 aromatic rings. The van der Waals surface area contributed by atoms with Gasteiger partial charge >= 0.3 is 23.9 Å². The first-order chi connectivity index (χ1) is 35.5. The predicted molar refractivity (Wildman–Crippen MR) is 290 cm³/mol. The van der Waals surface area contributed by atoms with Crippen LogP contribution in [0.5, 0.6) is 5.75 Å². The minimum atomic E-state index is -0.551. The summed E-state index contributed by atoms with van der Waals surface area (Å²) < 4.78 is 37.1. The Balaban J connectivity index is 0.000000470. The number of carbonyl (C=O) groups excluding carboxylic acids is 7. The van der Waals surface area contributed by atoms with Crippen molar-refractivity contribution in [3.8, 4) is 5.75 Å². The second kappa shape index (κ2) is 33.4. The van der Waals surface area contributed by atoms with E-state index in [-0.39, 0.29) is 29.3 Å². The molecule has 0 aliphatic heterocycles. The highest BCUT2D eigenvalue weighted by Crippen LogP contribution is 2.22. The number of primary amides is 1. The van der Waals surface area contributed by atoms with Crippen molar-refractivity contribution in [1.29, 1.82) is 0 Å². The Hall–Kier alpha value is -8.28. The van der Waals surface area contributed by atoms with Crippen molar-refractivity contribution in [2.45, 2.75) is 60.8 Å². The molecule has 0 aromatic heterocycles. The number of hydrogen-bond donors (Lipinski definition) is 3. The second-order valence-electron chi connectivity index (χ2n) is 16.4. The highest BCUT2D eigenvalue weighted by Gasteiger charge is 2.16. The lowest BCUT2D eigenvalue weighted by Gasteiger charge is -2.12. The number of nitrogens with two attached hydrogens (primary N) is 1. The highest BCUT2D eigenvalue weighted by molar-refractivity contribution is 6.01. The van der Waals surface area contributed by atoms with Crippen LogP contribution in [0.3, 0.4) is 0 Å². The fourth-order valence-electron chi connectivity index (χ4n) is 6.52. The number of ether oxygens (including phenoxy) is 5. The van der Waals surface area contributed by atoms with E-state index < -0.39 is 23.7 Å². The molecule has 0 heterocycles. The first-order valence-electron chi connectivity index (χ1n) is 24.0. The number of anilines is 2. The Kier molecular flexibility index (Phi) is 28.9. The number of amides is 3. The summed E-state index contributed by atoms with van der Waals surface area (Å²) >= 11 is 0. The predicted octanol–water partition coefficient (Wildman–Crippen LogP) is 9.09. The molecule has 406 valence electrons. The highest BCUT2D eigenvalue weighted by atomic mass is 19.1. The number of methoxy groups -OCH3 is 3. The van der Waals surface area contributed by atoms with Crippen LogP contribution in [-0.2, 0) is 38.2 Å². The number of aryl methyl sites for hydroxylation is 4. The average Bonchev–Trinajstić information content (AvgIpc) is 3.41. The van der Waals surface area contributed by atoms with Crippen LogP contribution in [0.15, 0.2) is 91.0 Å². The number of esters is 4. The fourth-order valence-corrected chi connectivity index (χ4v) is 6.52. The third kappa shape index (κ3) is 21.8. The van der Waals surface area contributed by atoms with Crippen LogP contribution >= 0.6 is 0 Å². The maximum atomic E-state index is 13.0. The van der Waals surface area contributed by atoms with Gasteiger partial charge in [-0.05, 0) is 136 Å². The molecule has 0 radical (unpaired) electrons. The van der Waals surface area contributed by atoms with Gasteiger partial charge < -0.3 is 49.9 Å². The summed E-state index contributed by atoms with van der Waals surface area (Å²) in [5, 5.41) is 5.78. The number of hydrogen-bond acceptors (Lipinski definition) is 14. The van der Waals surface area contributed by atoms with Gasteiger partial charge in [-0.2, -0.15) is 0 Å². The van der Waals surface area contributed by atoms with Gasteiger partial charge in [0.1, 0.15) is 17.1 Å². The second-order valence-corrected chi connectivity index (χ2v) is 16.4. The molecule has 5 aromatic carbocycles. The Labute approximate surface area is 440 Å². The van der Waals surface area contributed by atoms with Crippen LogP contribution < -0.4 is 21.1 Å². The largest absolute Gasteiger partial charge is 0.496 e. The van der Waals surface area contributed by atoms with E-state index in [0.29, 0.717) is 70.1 Å². The maximum Gasteiger partial charge on any atom is 0.341 e. The number of halogens is 1. The van der Waals surface area contributed by atoms with E-state index in [9.17, 15) is 38.0 Å². The monoisotopic (exact) mass is 1040 g/mol. The van der Waals surface area contributed by atoms with Gasteiger partial charge in [0.2, 0.25) is 5.91 Å². The number of rotatable bonds is 15. The quantitative estimate of drug-likeness (QED) is 0.0658. The molecular formula is C57H74FN5O12. The van der Waals surface area contributed by atoms with Gasteiger partial charge in [0.25, 0.3) is 11.8 Å². The molecule has 0 bridgehead atoms. The molecule has 0 aliphatic rings. The van der Waals surface area contributed by atoms with Crippen molar-refractivity contribution in [1.82, 2.24) is 9.80 Å². The van der Waals surface area contributed by atoms with E-state index >= 15 is 0 Å². The van der Waals surface area contributed by atoms with Gasteiger partial charge in [-0.3, -0.25) is 14.4 Å². The third-order valence-corrected chi connectivity index (χ3v) is 10.5. The standard InChI is InChI=1S/C12H16N2O3.C12H16O3.C11H13FO2.C11H15N3O2.C11H14O2/c1-13-10-6-8(11(15)14(2)3)5-9(7-10)12(16)17-4;1-4-9-6-7-11(14-3)10(8-9)12(13)15-5-2;1-3-8-5-9(7-10(12)6-8)11(13)14-4-2;1-13-9-5-7(10(12)15)4-8(6-9)11(16)14(2)3;1-4-9-5-8(2)6-10(7-9)11(12)13-3/h5-7,13H,1-4H3;6-8H,4-5H2,1-3H3;5-7H,3-4H2,1-2H3;4-6,13H,1-3H3,(H2,12,15);5-7H,4H2,1-3H3. The molecule has 4 N–H and O–H groups in total. The van der Waals surface area contributed by atoms with E-state index in [1.165, 1.54) is 53.8 Å². The lowest BCUT2D eigenvalue weighted by Crippen LogP contribution is -2.22. The zero-order chi connectivity index (χ0) is 56.9. The Bertz CT molecular complexity index is 2720. The van der Waals surface area contributed by atoms with Crippen molar-refractivity contribution in [2.24, 2.45) is 5.73 Å². The lowest BCUT2D eigenvalue weighted by atomic mass is 10.1. The molecule has 0 fully saturated rings. The van der Waals surface area contributed by atoms with E-state index in [1.807, 2.05) is 45.0 Å². The zero-order valence-electron chi connectivity index (χ0n) is 45.9. The van der Waals surface area contributed by atoms with E-state index in [0.717, 1.165) is 29.5 Å². The van der Waals surface area contributed by atoms with Crippen LogP contribution in [0.4, 0.5) is 15.8 Å². The zero-order valence-corrected chi connectivity index (χ0v) is 45.9. The van der Waals surface area contributed by atoms with Crippen LogP contribution in [-0.4, -0.2) is 128 Å². The minimum absolute atomic E-state index is 0.160. The molecule has 75 heavy (non-hydrogen) atoms. The molecule has 0 aliphatic carbocycles. The van der Waals surface area contributed by atoms with E-state index in [2.05, 4.69) is 33.1 Å². The smallest absolute Gasteiger partial charge is 0.341 e. The first-order valence-corrected chi connectivity index (χ1v) is 24.0.